The van der Waals surface area contributed by atoms with E-state index >= 15 is 0 Å². The normalized spacial score (nSPS) is 13.2. The van der Waals surface area contributed by atoms with Gasteiger partial charge in [-0.05, 0) is 12.1 Å². The van der Waals surface area contributed by atoms with Gasteiger partial charge in [0.05, 0.1) is 12.1 Å². The van der Waals surface area contributed by atoms with Gasteiger partial charge in [0.1, 0.15) is 5.82 Å². The van der Waals surface area contributed by atoms with Crippen molar-refractivity contribution in [2.24, 2.45) is 0 Å². The Hall–Kier alpha value is -2.09. The quantitative estimate of drug-likeness (QED) is 0.802. The van der Waals surface area contributed by atoms with Gasteiger partial charge in [-0.3, -0.25) is 0 Å². The molecule has 1 heterocycles. The fraction of sp³-hybridized carbons (Fsp3) is 0.333. The number of fused-ring (bicyclic) bond motifs is 1. The van der Waals surface area contributed by atoms with Crippen molar-refractivity contribution >= 4 is 22.7 Å². The third kappa shape index (κ3) is 3.08. The van der Waals surface area contributed by atoms with E-state index in [1.807, 2.05) is 0 Å². The number of para-hydroxylation sites is 1. The van der Waals surface area contributed by atoms with Gasteiger partial charge in [0.25, 0.3) is 0 Å². The number of rotatable bonds is 4. The summed E-state index contributed by atoms with van der Waals surface area (Å²) in [6.07, 6.45) is -7.11. The summed E-state index contributed by atoms with van der Waals surface area (Å²) in [6.45, 7) is -0.673. The van der Waals surface area contributed by atoms with Crippen LogP contribution in [0.15, 0.2) is 24.3 Å². The number of hydrogen-bond donors (Lipinski definition) is 3. The SMILES string of the molecule is CNc1nc(NCC(O)C(F)(F)F)c2ccccc2n1. The highest BCUT2D eigenvalue weighted by molar-refractivity contribution is 5.89. The lowest BCUT2D eigenvalue weighted by molar-refractivity contribution is -0.198. The molecule has 5 nitrogen and oxygen atoms in total. The highest BCUT2D eigenvalue weighted by atomic mass is 19.4. The van der Waals surface area contributed by atoms with E-state index in [-0.39, 0.29) is 11.8 Å². The van der Waals surface area contributed by atoms with Crippen molar-refractivity contribution in [2.75, 3.05) is 24.2 Å². The minimum Gasteiger partial charge on any atom is -0.382 e. The zero-order valence-corrected chi connectivity index (χ0v) is 10.6. The van der Waals surface area contributed by atoms with Crippen molar-refractivity contribution in [3.8, 4) is 0 Å². The molecule has 1 unspecified atom stereocenters. The van der Waals surface area contributed by atoms with Crippen molar-refractivity contribution in [3.05, 3.63) is 24.3 Å². The first-order valence-corrected chi connectivity index (χ1v) is 5.85. The molecule has 0 aliphatic heterocycles. The van der Waals surface area contributed by atoms with Crippen LogP contribution in [0.5, 0.6) is 0 Å². The van der Waals surface area contributed by atoms with Crippen molar-refractivity contribution in [3.63, 3.8) is 0 Å². The summed E-state index contributed by atoms with van der Waals surface area (Å²) < 4.78 is 36.8. The largest absolute Gasteiger partial charge is 0.416 e. The average Bonchev–Trinajstić information content (AvgIpc) is 2.42. The second-order valence-electron chi connectivity index (χ2n) is 4.10. The Labute approximate surface area is 112 Å². The first-order valence-electron chi connectivity index (χ1n) is 5.85. The lowest BCUT2D eigenvalue weighted by Crippen LogP contribution is -2.35. The van der Waals surface area contributed by atoms with Gasteiger partial charge in [0.2, 0.25) is 5.95 Å². The molecular formula is C12H13F3N4O. The van der Waals surface area contributed by atoms with E-state index in [2.05, 4.69) is 20.6 Å². The number of aliphatic hydroxyl groups is 1. The molecule has 108 valence electrons. The van der Waals surface area contributed by atoms with Crippen LogP contribution in [0, 0.1) is 0 Å². The number of aliphatic hydroxyl groups excluding tert-OH is 1. The van der Waals surface area contributed by atoms with E-state index < -0.39 is 18.8 Å². The molecule has 1 aromatic heterocycles. The molecule has 0 fully saturated rings. The van der Waals surface area contributed by atoms with Gasteiger partial charge in [-0.1, -0.05) is 12.1 Å². The molecule has 2 aromatic rings. The summed E-state index contributed by atoms with van der Waals surface area (Å²) in [5, 5.41) is 14.8. The van der Waals surface area contributed by atoms with Crippen LogP contribution in [0.4, 0.5) is 24.9 Å². The number of halogens is 3. The van der Waals surface area contributed by atoms with Crippen molar-refractivity contribution in [1.29, 1.82) is 0 Å². The van der Waals surface area contributed by atoms with Crippen LogP contribution < -0.4 is 10.6 Å². The fourth-order valence-electron chi connectivity index (χ4n) is 1.63. The van der Waals surface area contributed by atoms with Gasteiger partial charge in [-0.25, -0.2) is 4.98 Å². The minimum absolute atomic E-state index is 0.239. The number of nitrogens with one attached hydrogen (secondary N) is 2. The number of nitrogens with zero attached hydrogens (tertiary/aromatic N) is 2. The van der Waals surface area contributed by atoms with E-state index in [0.29, 0.717) is 10.9 Å². The summed E-state index contributed by atoms with van der Waals surface area (Å²) in [5.74, 6) is 0.524. The van der Waals surface area contributed by atoms with Crippen molar-refractivity contribution in [1.82, 2.24) is 9.97 Å². The molecule has 0 saturated carbocycles. The third-order valence-corrected chi connectivity index (χ3v) is 2.67. The molecular weight excluding hydrogens is 273 g/mol. The molecule has 2 rings (SSSR count). The van der Waals surface area contributed by atoms with Crippen LogP contribution in [-0.4, -0.2) is 40.9 Å². The topological polar surface area (TPSA) is 70.1 Å². The Morgan fingerprint density at radius 3 is 2.60 bits per heavy atom. The van der Waals surface area contributed by atoms with Crippen LogP contribution in [0.25, 0.3) is 10.9 Å². The van der Waals surface area contributed by atoms with E-state index in [1.165, 1.54) is 0 Å². The zero-order chi connectivity index (χ0) is 14.8. The summed E-state index contributed by atoms with van der Waals surface area (Å²) >= 11 is 0. The van der Waals surface area contributed by atoms with Crippen LogP contribution in [0.2, 0.25) is 0 Å². The van der Waals surface area contributed by atoms with Crippen LogP contribution in [0.1, 0.15) is 0 Å². The standard InChI is InChI=1S/C12H13F3N4O/c1-16-11-18-8-5-3-2-4-7(8)10(19-11)17-6-9(20)12(13,14)15/h2-5,9,20H,6H2,1H3,(H2,16,17,18,19). The summed E-state index contributed by atoms with van der Waals surface area (Å²) in [5.41, 5.74) is 0.593. The lowest BCUT2D eigenvalue weighted by atomic mass is 10.2. The number of benzene rings is 1. The molecule has 1 aromatic carbocycles. The third-order valence-electron chi connectivity index (χ3n) is 2.67. The maximum absolute atomic E-state index is 12.3. The molecule has 1 atom stereocenters. The highest BCUT2D eigenvalue weighted by Gasteiger charge is 2.37. The molecule has 0 aliphatic rings. The minimum atomic E-state index is -4.67. The Bertz CT molecular complexity index is 603. The predicted octanol–water partition coefficient (Wildman–Crippen LogP) is 2.01. The second kappa shape index (κ2) is 5.49. The van der Waals surface area contributed by atoms with E-state index in [9.17, 15) is 13.2 Å². The molecule has 0 aliphatic carbocycles. The molecule has 20 heavy (non-hydrogen) atoms. The molecule has 8 heteroatoms. The maximum atomic E-state index is 12.3. The summed E-state index contributed by atoms with van der Waals surface area (Å²) in [6, 6.07) is 6.92. The van der Waals surface area contributed by atoms with Gasteiger partial charge < -0.3 is 15.7 Å². The van der Waals surface area contributed by atoms with Gasteiger partial charge in [0, 0.05) is 12.4 Å². The number of alkyl halides is 3. The van der Waals surface area contributed by atoms with Crippen LogP contribution in [-0.2, 0) is 0 Å². The first-order chi connectivity index (χ1) is 9.41. The molecule has 0 saturated heterocycles. The maximum Gasteiger partial charge on any atom is 0.416 e. The van der Waals surface area contributed by atoms with Crippen LogP contribution >= 0.6 is 0 Å². The van der Waals surface area contributed by atoms with E-state index in [0.717, 1.165) is 0 Å². The smallest absolute Gasteiger partial charge is 0.382 e. The molecule has 3 N–H and O–H groups in total. The van der Waals surface area contributed by atoms with Gasteiger partial charge in [0.15, 0.2) is 6.10 Å². The monoisotopic (exact) mass is 286 g/mol. The first kappa shape index (κ1) is 14.3. The molecule has 0 spiro atoms. The van der Waals surface area contributed by atoms with Gasteiger partial charge in [-0.15, -0.1) is 0 Å². The number of aromatic nitrogens is 2. The van der Waals surface area contributed by atoms with Gasteiger partial charge >= 0.3 is 6.18 Å². The zero-order valence-electron chi connectivity index (χ0n) is 10.6. The number of hydrogen-bond acceptors (Lipinski definition) is 5. The van der Waals surface area contributed by atoms with E-state index in [1.54, 1.807) is 31.3 Å². The Morgan fingerprint density at radius 1 is 1.25 bits per heavy atom. The fourth-order valence-corrected chi connectivity index (χ4v) is 1.63. The lowest BCUT2D eigenvalue weighted by Gasteiger charge is -2.16. The molecule has 0 radical (unpaired) electrons. The predicted molar refractivity (Wildman–Crippen MR) is 69.6 cm³/mol. The van der Waals surface area contributed by atoms with E-state index in [4.69, 9.17) is 5.11 Å². The molecule has 0 bridgehead atoms. The summed E-state index contributed by atoms with van der Waals surface area (Å²) in [4.78, 5) is 8.24. The second-order valence-corrected chi connectivity index (χ2v) is 4.10. The average molecular weight is 286 g/mol. The molecule has 0 amide bonds. The van der Waals surface area contributed by atoms with Crippen LogP contribution in [0.3, 0.4) is 0 Å². The van der Waals surface area contributed by atoms with Gasteiger partial charge in [-0.2, -0.15) is 18.2 Å². The number of anilines is 2. The van der Waals surface area contributed by atoms with Crippen molar-refractivity contribution < 1.29 is 18.3 Å². The Kier molecular flexibility index (Phi) is 3.93. The Morgan fingerprint density at radius 2 is 1.95 bits per heavy atom. The Balaban J connectivity index is 2.29. The van der Waals surface area contributed by atoms with Crippen molar-refractivity contribution in [2.45, 2.75) is 12.3 Å². The summed E-state index contributed by atoms with van der Waals surface area (Å²) in [7, 11) is 1.61. The highest BCUT2D eigenvalue weighted by Crippen LogP contribution is 2.24.